The molecule has 0 aliphatic rings. The minimum atomic E-state index is -0.347. The predicted molar refractivity (Wildman–Crippen MR) is 58.1 cm³/mol. The molecule has 0 bridgehead atoms. The number of carbonyl (C=O) groups is 2. The van der Waals surface area contributed by atoms with E-state index in [2.05, 4.69) is 13.8 Å². The topological polar surface area (TPSA) is 34.1 Å². The van der Waals surface area contributed by atoms with Gasteiger partial charge < -0.3 is 9.59 Å². The first-order valence-corrected chi connectivity index (χ1v) is 5.27. The van der Waals surface area contributed by atoms with Crippen LogP contribution in [0.3, 0.4) is 0 Å². The molecule has 2 nitrogen and oxygen atoms in total. The molecule has 0 radical (unpaired) electrons. The van der Waals surface area contributed by atoms with Crippen LogP contribution >= 0.6 is 0 Å². The Bertz CT molecular complexity index is 208. The summed E-state index contributed by atoms with van der Waals surface area (Å²) in [6.07, 6.45) is 2.37. The van der Waals surface area contributed by atoms with Crippen LogP contribution in [0.5, 0.6) is 0 Å². The molecule has 0 saturated heterocycles. The molecule has 0 aliphatic heterocycles. The van der Waals surface area contributed by atoms with E-state index in [1.54, 1.807) is 6.92 Å². The average Bonchev–Trinajstić information content (AvgIpc) is 2.01. The molecule has 0 saturated carbocycles. The molecule has 0 spiro atoms. The fourth-order valence-corrected chi connectivity index (χ4v) is 1.91. The van der Waals surface area contributed by atoms with Crippen LogP contribution in [0.1, 0.15) is 47.5 Å². The van der Waals surface area contributed by atoms with Crippen LogP contribution < -0.4 is 0 Å². The van der Waals surface area contributed by atoms with E-state index in [0.29, 0.717) is 12.3 Å². The van der Waals surface area contributed by atoms with Gasteiger partial charge in [-0.1, -0.05) is 27.7 Å². The van der Waals surface area contributed by atoms with Gasteiger partial charge in [-0.15, -0.1) is 0 Å². The molecule has 0 aromatic carbocycles. The second-order valence-corrected chi connectivity index (χ2v) is 5.03. The number of hydrogen-bond acceptors (Lipinski definition) is 2. The van der Waals surface area contributed by atoms with E-state index in [-0.39, 0.29) is 17.1 Å². The summed E-state index contributed by atoms with van der Waals surface area (Å²) in [6.45, 7) is 9.72. The molecule has 0 aromatic heterocycles. The maximum atomic E-state index is 11.1. The van der Waals surface area contributed by atoms with Crippen LogP contribution in [-0.2, 0) is 9.59 Å². The fourth-order valence-electron chi connectivity index (χ4n) is 1.91. The quantitative estimate of drug-likeness (QED) is 0.615. The highest BCUT2D eigenvalue weighted by molar-refractivity contribution is 5.76. The first kappa shape index (κ1) is 13.3. The van der Waals surface area contributed by atoms with Gasteiger partial charge in [-0.2, -0.15) is 0 Å². The summed E-state index contributed by atoms with van der Waals surface area (Å²) in [5.41, 5.74) is -0.347. The molecule has 0 aromatic rings. The lowest BCUT2D eigenvalue weighted by Gasteiger charge is -2.31. The summed E-state index contributed by atoms with van der Waals surface area (Å²) >= 11 is 0. The van der Waals surface area contributed by atoms with Gasteiger partial charge >= 0.3 is 0 Å². The molecule has 0 aliphatic carbocycles. The molecule has 0 amide bonds. The molecular formula is C12H22O2. The fraction of sp³-hybridized carbons (Fsp3) is 0.833. The Morgan fingerprint density at radius 2 is 1.86 bits per heavy atom. The van der Waals surface area contributed by atoms with E-state index >= 15 is 0 Å². The molecule has 2 atom stereocenters. The Labute approximate surface area is 87.1 Å². The number of carbonyl (C=O) groups excluding carboxylic acids is 2. The van der Waals surface area contributed by atoms with Crippen molar-refractivity contribution in [3.8, 4) is 0 Å². The third-order valence-electron chi connectivity index (χ3n) is 2.84. The van der Waals surface area contributed by atoms with E-state index in [4.69, 9.17) is 0 Å². The minimum Gasteiger partial charge on any atom is -0.303 e. The number of hydrogen-bond donors (Lipinski definition) is 0. The highest BCUT2D eigenvalue weighted by atomic mass is 16.1. The smallest absolute Gasteiger partial charge is 0.130 e. The monoisotopic (exact) mass is 198 g/mol. The Hall–Kier alpha value is -0.660. The molecule has 0 fully saturated rings. The van der Waals surface area contributed by atoms with Gasteiger partial charge in [0.05, 0.1) is 0 Å². The van der Waals surface area contributed by atoms with Crippen LogP contribution in [0.15, 0.2) is 0 Å². The maximum absolute atomic E-state index is 11.1. The summed E-state index contributed by atoms with van der Waals surface area (Å²) in [6, 6.07) is 0. The van der Waals surface area contributed by atoms with Crippen molar-refractivity contribution in [2.24, 2.45) is 17.3 Å². The summed E-state index contributed by atoms with van der Waals surface area (Å²) in [5, 5.41) is 0. The third-order valence-corrected chi connectivity index (χ3v) is 2.84. The lowest BCUT2D eigenvalue weighted by atomic mass is 9.72. The van der Waals surface area contributed by atoms with Gasteiger partial charge in [0, 0.05) is 11.8 Å². The second-order valence-electron chi connectivity index (χ2n) is 5.03. The van der Waals surface area contributed by atoms with Gasteiger partial charge in [-0.25, -0.2) is 0 Å². The molecule has 0 rings (SSSR count). The van der Waals surface area contributed by atoms with Crippen molar-refractivity contribution in [3.05, 3.63) is 0 Å². The first-order valence-electron chi connectivity index (χ1n) is 5.27. The normalized spacial score (nSPS) is 17.6. The van der Waals surface area contributed by atoms with E-state index < -0.39 is 0 Å². The standard InChI is InChI=1S/C12H22O2/c1-9(2)7-12(5,8-13)10(3)6-11(4)14/h8-10H,6-7H2,1-5H3. The van der Waals surface area contributed by atoms with Crippen LogP contribution in [0, 0.1) is 17.3 Å². The highest BCUT2D eigenvalue weighted by Crippen LogP contribution is 2.34. The number of Topliss-reactive ketones (excluding diaryl/α,β-unsaturated/α-hetero) is 1. The van der Waals surface area contributed by atoms with Crippen molar-refractivity contribution in [3.63, 3.8) is 0 Å². The Morgan fingerprint density at radius 3 is 2.14 bits per heavy atom. The predicted octanol–water partition coefficient (Wildman–Crippen LogP) is 2.85. The van der Waals surface area contributed by atoms with Crippen LogP contribution in [0.25, 0.3) is 0 Å². The van der Waals surface area contributed by atoms with Crippen molar-refractivity contribution >= 4 is 12.1 Å². The van der Waals surface area contributed by atoms with Crippen molar-refractivity contribution in [1.82, 2.24) is 0 Å². The number of aldehydes is 1. The Kier molecular flexibility index (Phi) is 5.03. The van der Waals surface area contributed by atoms with Gasteiger partial charge in [-0.05, 0) is 25.2 Å². The highest BCUT2D eigenvalue weighted by Gasteiger charge is 2.32. The third kappa shape index (κ3) is 4.03. The molecule has 82 valence electrons. The van der Waals surface area contributed by atoms with E-state index in [1.165, 1.54) is 0 Å². The first-order chi connectivity index (χ1) is 6.31. The summed E-state index contributed by atoms with van der Waals surface area (Å²) < 4.78 is 0. The maximum Gasteiger partial charge on any atom is 0.130 e. The van der Waals surface area contributed by atoms with E-state index in [9.17, 15) is 9.59 Å². The van der Waals surface area contributed by atoms with Crippen molar-refractivity contribution in [2.45, 2.75) is 47.5 Å². The lowest BCUT2D eigenvalue weighted by Crippen LogP contribution is -2.30. The van der Waals surface area contributed by atoms with E-state index in [1.807, 2.05) is 13.8 Å². The zero-order chi connectivity index (χ0) is 11.4. The van der Waals surface area contributed by atoms with Crippen LogP contribution in [0.4, 0.5) is 0 Å². The Morgan fingerprint density at radius 1 is 1.36 bits per heavy atom. The van der Waals surface area contributed by atoms with Gasteiger partial charge in [0.15, 0.2) is 0 Å². The number of ketones is 1. The minimum absolute atomic E-state index is 0.139. The van der Waals surface area contributed by atoms with E-state index in [0.717, 1.165) is 12.7 Å². The van der Waals surface area contributed by atoms with Crippen molar-refractivity contribution in [1.29, 1.82) is 0 Å². The van der Waals surface area contributed by atoms with Crippen LogP contribution in [0.2, 0.25) is 0 Å². The van der Waals surface area contributed by atoms with Gasteiger partial charge in [0.25, 0.3) is 0 Å². The zero-order valence-corrected chi connectivity index (χ0v) is 9.96. The van der Waals surface area contributed by atoms with Crippen molar-refractivity contribution in [2.75, 3.05) is 0 Å². The molecule has 2 unspecified atom stereocenters. The zero-order valence-electron chi connectivity index (χ0n) is 9.96. The Balaban J connectivity index is 4.49. The van der Waals surface area contributed by atoms with Gasteiger partial charge in [-0.3, -0.25) is 0 Å². The summed E-state index contributed by atoms with van der Waals surface area (Å²) in [4.78, 5) is 22.1. The van der Waals surface area contributed by atoms with Crippen molar-refractivity contribution < 1.29 is 9.59 Å². The second kappa shape index (κ2) is 5.28. The molecule has 0 heterocycles. The lowest BCUT2D eigenvalue weighted by molar-refractivity contribution is -0.122. The van der Waals surface area contributed by atoms with Gasteiger partial charge in [0.2, 0.25) is 0 Å². The molecule has 14 heavy (non-hydrogen) atoms. The molecule has 0 N–H and O–H groups in total. The van der Waals surface area contributed by atoms with Crippen LogP contribution in [-0.4, -0.2) is 12.1 Å². The summed E-state index contributed by atoms with van der Waals surface area (Å²) in [5.74, 6) is 0.786. The molecule has 2 heteroatoms. The molecular weight excluding hydrogens is 176 g/mol. The van der Waals surface area contributed by atoms with Gasteiger partial charge in [0.1, 0.15) is 12.1 Å². The summed E-state index contributed by atoms with van der Waals surface area (Å²) in [7, 11) is 0. The average molecular weight is 198 g/mol. The largest absolute Gasteiger partial charge is 0.303 e. The SMILES string of the molecule is CC(=O)CC(C)C(C)(C=O)CC(C)C. The number of rotatable bonds is 6.